The highest BCUT2D eigenvalue weighted by Crippen LogP contribution is 2.44. The summed E-state index contributed by atoms with van der Waals surface area (Å²) in [5, 5.41) is 3.51. The topological polar surface area (TPSA) is 47.3 Å². The molecule has 0 radical (unpaired) electrons. The average Bonchev–Trinajstić information content (AvgIpc) is 2.28. The van der Waals surface area contributed by atoms with Gasteiger partial charge in [0.25, 0.3) is 0 Å². The van der Waals surface area contributed by atoms with E-state index < -0.39 is 0 Å². The van der Waals surface area contributed by atoms with Crippen molar-refractivity contribution in [2.75, 3.05) is 18.2 Å². The first kappa shape index (κ1) is 12.7. The molecule has 3 N–H and O–H groups in total. The van der Waals surface area contributed by atoms with Crippen LogP contribution in [0.25, 0.3) is 0 Å². The predicted octanol–water partition coefficient (Wildman–Crippen LogP) is 3.26. The summed E-state index contributed by atoms with van der Waals surface area (Å²) in [7, 11) is 1.77. The van der Waals surface area contributed by atoms with Crippen molar-refractivity contribution in [3.05, 3.63) is 22.7 Å². The number of nitrogen functional groups attached to an aromatic ring is 1. The van der Waals surface area contributed by atoms with E-state index in [9.17, 15) is 0 Å². The fourth-order valence-electron chi connectivity index (χ4n) is 2.37. The predicted molar refractivity (Wildman–Crippen MR) is 75.2 cm³/mol. The summed E-state index contributed by atoms with van der Waals surface area (Å²) >= 11 is 3.46. The van der Waals surface area contributed by atoms with Gasteiger partial charge in [-0.2, -0.15) is 0 Å². The van der Waals surface area contributed by atoms with Crippen LogP contribution in [0.5, 0.6) is 0 Å². The summed E-state index contributed by atoms with van der Waals surface area (Å²) in [6.45, 7) is 4.44. The zero-order valence-corrected chi connectivity index (χ0v) is 12.0. The maximum atomic E-state index is 5.96. The number of nitrogens with two attached hydrogens (primary N) is 1. The number of rotatable bonds is 3. The largest absolute Gasteiger partial charge is 0.397 e. The first-order valence-electron chi connectivity index (χ1n) is 5.79. The van der Waals surface area contributed by atoms with Crippen LogP contribution in [0, 0.1) is 5.41 Å². The van der Waals surface area contributed by atoms with Gasteiger partial charge in [0.15, 0.2) is 0 Å². The number of nitrogens with one attached hydrogen (secondary N) is 1. The van der Waals surface area contributed by atoms with Crippen molar-refractivity contribution in [2.24, 2.45) is 5.41 Å². The van der Waals surface area contributed by atoms with Crippen LogP contribution in [0.15, 0.2) is 22.7 Å². The summed E-state index contributed by atoms with van der Waals surface area (Å²) < 4.78 is 6.48. The second kappa shape index (κ2) is 4.50. The standard InChI is InChI=1S/C13H19BrN2O/c1-13(2)11(7-12(13)17-3)16-10-6-8(14)4-5-9(10)15/h4-6,11-12,16H,7,15H2,1-3H3. The minimum Gasteiger partial charge on any atom is -0.397 e. The van der Waals surface area contributed by atoms with Crippen molar-refractivity contribution < 1.29 is 4.74 Å². The Morgan fingerprint density at radius 3 is 2.76 bits per heavy atom. The van der Waals surface area contributed by atoms with E-state index in [4.69, 9.17) is 10.5 Å². The Hall–Kier alpha value is -0.740. The van der Waals surface area contributed by atoms with Gasteiger partial charge in [-0.3, -0.25) is 0 Å². The number of methoxy groups -OCH3 is 1. The Kier molecular flexibility index (Phi) is 3.36. The number of hydrogen-bond acceptors (Lipinski definition) is 3. The average molecular weight is 299 g/mol. The van der Waals surface area contributed by atoms with E-state index in [1.165, 1.54) is 0 Å². The number of hydrogen-bond donors (Lipinski definition) is 2. The summed E-state index contributed by atoms with van der Waals surface area (Å²) in [5.74, 6) is 0. The molecule has 0 heterocycles. The van der Waals surface area contributed by atoms with Crippen LogP contribution in [0.3, 0.4) is 0 Å². The van der Waals surface area contributed by atoms with Crippen LogP contribution < -0.4 is 11.1 Å². The molecule has 3 nitrogen and oxygen atoms in total. The van der Waals surface area contributed by atoms with Crippen LogP contribution in [0.2, 0.25) is 0 Å². The summed E-state index contributed by atoms with van der Waals surface area (Å²) in [6.07, 6.45) is 1.35. The van der Waals surface area contributed by atoms with Crippen LogP contribution in [0.4, 0.5) is 11.4 Å². The van der Waals surface area contributed by atoms with E-state index in [-0.39, 0.29) is 5.41 Å². The number of halogens is 1. The maximum Gasteiger partial charge on any atom is 0.0661 e. The van der Waals surface area contributed by atoms with Crippen LogP contribution in [0.1, 0.15) is 20.3 Å². The lowest BCUT2D eigenvalue weighted by atomic mass is 9.64. The van der Waals surface area contributed by atoms with Crippen LogP contribution in [-0.4, -0.2) is 19.3 Å². The highest BCUT2D eigenvalue weighted by molar-refractivity contribution is 9.10. The molecule has 0 saturated heterocycles. The molecule has 1 fully saturated rings. The van der Waals surface area contributed by atoms with Crippen molar-refractivity contribution in [1.29, 1.82) is 0 Å². The van der Waals surface area contributed by atoms with Gasteiger partial charge in [-0.05, 0) is 24.6 Å². The fourth-order valence-corrected chi connectivity index (χ4v) is 2.73. The molecule has 0 bridgehead atoms. The molecule has 94 valence electrons. The minimum absolute atomic E-state index is 0.142. The maximum absolute atomic E-state index is 5.96. The smallest absolute Gasteiger partial charge is 0.0661 e. The molecule has 1 aliphatic carbocycles. The zero-order chi connectivity index (χ0) is 12.6. The number of benzene rings is 1. The first-order valence-corrected chi connectivity index (χ1v) is 6.59. The van der Waals surface area contributed by atoms with E-state index >= 15 is 0 Å². The highest BCUT2D eigenvalue weighted by Gasteiger charge is 2.48. The quantitative estimate of drug-likeness (QED) is 0.842. The molecule has 0 aromatic heterocycles. The Bertz CT molecular complexity index is 420. The van der Waals surface area contributed by atoms with Crippen molar-refractivity contribution in [3.8, 4) is 0 Å². The molecule has 0 aliphatic heterocycles. The molecule has 2 rings (SSSR count). The Balaban J connectivity index is 2.10. The van der Waals surface area contributed by atoms with Gasteiger partial charge in [0.1, 0.15) is 0 Å². The molecular weight excluding hydrogens is 280 g/mol. The third-order valence-corrected chi connectivity index (χ3v) is 4.30. The molecule has 1 aromatic rings. The summed E-state index contributed by atoms with van der Waals surface area (Å²) in [5.41, 5.74) is 7.87. The van der Waals surface area contributed by atoms with Gasteiger partial charge < -0.3 is 15.8 Å². The molecule has 0 amide bonds. The first-order chi connectivity index (χ1) is 7.95. The Morgan fingerprint density at radius 1 is 1.47 bits per heavy atom. The van der Waals surface area contributed by atoms with E-state index in [0.717, 1.165) is 22.3 Å². The number of anilines is 2. The van der Waals surface area contributed by atoms with E-state index in [0.29, 0.717) is 12.1 Å². The second-order valence-electron chi connectivity index (χ2n) is 5.21. The van der Waals surface area contributed by atoms with Crippen LogP contribution in [-0.2, 0) is 4.74 Å². The van der Waals surface area contributed by atoms with Gasteiger partial charge >= 0.3 is 0 Å². The van der Waals surface area contributed by atoms with Gasteiger partial charge in [0.05, 0.1) is 17.5 Å². The lowest BCUT2D eigenvalue weighted by Crippen LogP contribution is -2.57. The molecule has 4 heteroatoms. The van der Waals surface area contributed by atoms with Crippen molar-refractivity contribution in [1.82, 2.24) is 0 Å². The normalized spacial score (nSPS) is 26.4. The molecular formula is C13H19BrN2O. The van der Waals surface area contributed by atoms with E-state index in [1.54, 1.807) is 7.11 Å². The Labute approximate surface area is 111 Å². The highest BCUT2D eigenvalue weighted by atomic mass is 79.9. The van der Waals surface area contributed by atoms with Gasteiger partial charge in [-0.25, -0.2) is 0 Å². The summed E-state index contributed by atoms with van der Waals surface area (Å²) in [6, 6.07) is 6.28. The SMILES string of the molecule is COC1CC(Nc2cc(Br)ccc2N)C1(C)C. The second-order valence-corrected chi connectivity index (χ2v) is 6.13. The third-order valence-electron chi connectivity index (χ3n) is 3.81. The molecule has 2 atom stereocenters. The van der Waals surface area contributed by atoms with Crippen molar-refractivity contribution in [2.45, 2.75) is 32.4 Å². The Morgan fingerprint density at radius 2 is 2.18 bits per heavy atom. The lowest BCUT2D eigenvalue weighted by Gasteiger charge is -2.51. The van der Waals surface area contributed by atoms with E-state index in [2.05, 4.69) is 35.1 Å². The monoisotopic (exact) mass is 298 g/mol. The lowest BCUT2D eigenvalue weighted by molar-refractivity contribution is -0.0794. The molecule has 1 aliphatic rings. The molecule has 17 heavy (non-hydrogen) atoms. The third kappa shape index (κ3) is 2.29. The fraction of sp³-hybridized carbons (Fsp3) is 0.538. The van der Waals surface area contributed by atoms with Crippen molar-refractivity contribution in [3.63, 3.8) is 0 Å². The number of ether oxygens (including phenoxy) is 1. The van der Waals surface area contributed by atoms with Gasteiger partial charge in [0, 0.05) is 23.0 Å². The van der Waals surface area contributed by atoms with Crippen LogP contribution >= 0.6 is 15.9 Å². The summed E-state index contributed by atoms with van der Waals surface area (Å²) in [4.78, 5) is 0. The zero-order valence-electron chi connectivity index (χ0n) is 10.5. The minimum atomic E-state index is 0.142. The van der Waals surface area contributed by atoms with Gasteiger partial charge in [-0.15, -0.1) is 0 Å². The van der Waals surface area contributed by atoms with Crippen molar-refractivity contribution >= 4 is 27.3 Å². The molecule has 0 spiro atoms. The van der Waals surface area contributed by atoms with E-state index in [1.807, 2.05) is 18.2 Å². The van der Waals surface area contributed by atoms with Gasteiger partial charge in [0.2, 0.25) is 0 Å². The molecule has 1 aromatic carbocycles. The molecule has 1 saturated carbocycles. The molecule has 2 unspecified atom stereocenters. The van der Waals surface area contributed by atoms with Gasteiger partial charge in [-0.1, -0.05) is 29.8 Å².